The van der Waals surface area contributed by atoms with Crippen molar-refractivity contribution in [1.82, 2.24) is 14.9 Å². The molecule has 0 bridgehead atoms. The summed E-state index contributed by atoms with van der Waals surface area (Å²) in [4.78, 5) is 24.7. The lowest BCUT2D eigenvalue weighted by molar-refractivity contribution is 0.0519. The van der Waals surface area contributed by atoms with Gasteiger partial charge in [-0.15, -0.1) is 0 Å². The van der Waals surface area contributed by atoms with Crippen molar-refractivity contribution < 1.29 is 9.53 Å². The number of hydrogen-bond donors (Lipinski definition) is 0. The Kier molecular flexibility index (Phi) is 4.68. The van der Waals surface area contributed by atoms with Gasteiger partial charge in [0.15, 0.2) is 5.69 Å². The fraction of sp³-hybridized carbons (Fsp3) is 0.615. The van der Waals surface area contributed by atoms with Gasteiger partial charge in [0.1, 0.15) is 0 Å². The van der Waals surface area contributed by atoms with Gasteiger partial charge in [-0.05, 0) is 19.5 Å². The van der Waals surface area contributed by atoms with Crippen LogP contribution in [0.3, 0.4) is 0 Å². The second-order valence-corrected chi connectivity index (χ2v) is 4.38. The number of hydrogen-bond acceptors (Lipinski definition) is 6. The number of anilines is 1. The average molecular weight is 264 g/mol. The quantitative estimate of drug-likeness (QED) is 0.750. The molecule has 104 valence electrons. The van der Waals surface area contributed by atoms with Gasteiger partial charge in [0.05, 0.1) is 6.61 Å². The number of carbonyl (C=O) groups is 1. The smallest absolute Gasteiger partial charge is 0.357 e. The Bertz CT molecular complexity index is 430. The van der Waals surface area contributed by atoms with Crippen molar-refractivity contribution in [3.8, 4) is 0 Å². The minimum Gasteiger partial charge on any atom is -0.461 e. The molecule has 2 heterocycles. The lowest BCUT2D eigenvalue weighted by Crippen LogP contribution is -2.46. The average Bonchev–Trinajstić information content (AvgIpc) is 2.48. The molecule has 0 radical (unpaired) electrons. The van der Waals surface area contributed by atoms with E-state index in [1.165, 1.54) is 0 Å². The number of carbonyl (C=O) groups excluding carboxylic acids is 1. The van der Waals surface area contributed by atoms with Crippen LogP contribution in [0.15, 0.2) is 12.3 Å². The van der Waals surface area contributed by atoms with E-state index in [0.29, 0.717) is 18.2 Å². The molecule has 6 heteroatoms. The molecule has 0 amide bonds. The van der Waals surface area contributed by atoms with E-state index in [9.17, 15) is 4.79 Å². The van der Waals surface area contributed by atoms with E-state index in [0.717, 1.165) is 32.7 Å². The summed E-state index contributed by atoms with van der Waals surface area (Å²) in [6, 6.07) is 1.59. The first kappa shape index (κ1) is 13.7. The Morgan fingerprint density at radius 1 is 1.32 bits per heavy atom. The van der Waals surface area contributed by atoms with Crippen molar-refractivity contribution >= 4 is 11.9 Å². The first-order chi connectivity index (χ1) is 9.24. The zero-order chi connectivity index (χ0) is 13.7. The van der Waals surface area contributed by atoms with E-state index in [1.54, 1.807) is 19.2 Å². The number of nitrogens with zero attached hydrogens (tertiary/aromatic N) is 4. The molecule has 1 aromatic heterocycles. The number of piperazine rings is 1. The van der Waals surface area contributed by atoms with Gasteiger partial charge in [0.25, 0.3) is 0 Å². The Hall–Kier alpha value is -1.69. The van der Waals surface area contributed by atoms with E-state index in [4.69, 9.17) is 4.74 Å². The third-order valence-corrected chi connectivity index (χ3v) is 3.23. The van der Waals surface area contributed by atoms with Crippen molar-refractivity contribution in [2.24, 2.45) is 0 Å². The summed E-state index contributed by atoms with van der Waals surface area (Å²) >= 11 is 0. The predicted octanol–water partition coefficient (Wildman–Crippen LogP) is 0.795. The van der Waals surface area contributed by atoms with Crippen LogP contribution in [-0.2, 0) is 4.74 Å². The third kappa shape index (κ3) is 3.41. The molecule has 1 aliphatic rings. The van der Waals surface area contributed by atoms with E-state index in [-0.39, 0.29) is 0 Å². The zero-order valence-electron chi connectivity index (χ0n) is 11.5. The molecule has 0 aliphatic carbocycles. The second-order valence-electron chi connectivity index (χ2n) is 4.38. The lowest BCUT2D eigenvalue weighted by Gasteiger charge is -2.33. The maximum Gasteiger partial charge on any atom is 0.357 e. The predicted molar refractivity (Wildman–Crippen MR) is 72.3 cm³/mol. The maximum atomic E-state index is 11.6. The molecule has 0 unspecified atom stereocenters. The highest BCUT2D eigenvalue weighted by atomic mass is 16.5. The van der Waals surface area contributed by atoms with Crippen molar-refractivity contribution in [1.29, 1.82) is 0 Å². The van der Waals surface area contributed by atoms with Gasteiger partial charge in [-0.2, -0.15) is 0 Å². The summed E-state index contributed by atoms with van der Waals surface area (Å²) in [5.74, 6) is 0.222. The second kappa shape index (κ2) is 6.47. The van der Waals surface area contributed by atoms with Crippen LogP contribution < -0.4 is 4.90 Å². The molecule has 1 saturated heterocycles. The van der Waals surface area contributed by atoms with E-state index < -0.39 is 5.97 Å². The van der Waals surface area contributed by atoms with Crippen molar-refractivity contribution in [3.05, 3.63) is 18.0 Å². The molecule has 1 aliphatic heterocycles. The van der Waals surface area contributed by atoms with E-state index in [1.807, 2.05) is 0 Å². The molecule has 0 atom stereocenters. The first-order valence-electron chi connectivity index (χ1n) is 6.72. The number of ether oxygens (including phenoxy) is 1. The Labute approximate surface area is 113 Å². The van der Waals surface area contributed by atoms with Crippen molar-refractivity contribution in [2.45, 2.75) is 13.8 Å². The van der Waals surface area contributed by atoms with Crippen LogP contribution in [0, 0.1) is 0 Å². The van der Waals surface area contributed by atoms with Crippen LogP contribution >= 0.6 is 0 Å². The molecule has 0 aromatic carbocycles. The number of aromatic nitrogens is 2. The minimum atomic E-state index is -0.390. The first-order valence-corrected chi connectivity index (χ1v) is 6.72. The Morgan fingerprint density at radius 3 is 2.68 bits per heavy atom. The van der Waals surface area contributed by atoms with Crippen LogP contribution in [0.25, 0.3) is 0 Å². The molecule has 0 spiro atoms. The van der Waals surface area contributed by atoms with Crippen LogP contribution in [0.2, 0.25) is 0 Å². The van der Waals surface area contributed by atoms with Gasteiger partial charge in [-0.25, -0.2) is 14.8 Å². The fourth-order valence-electron chi connectivity index (χ4n) is 2.08. The summed E-state index contributed by atoms with van der Waals surface area (Å²) in [7, 11) is 0. The molecular formula is C13H20N4O2. The third-order valence-electron chi connectivity index (χ3n) is 3.23. The minimum absolute atomic E-state index is 0.324. The molecular weight excluding hydrogens is 244 g/mol. The zero-order valence-corrected chi connectivity index (χ0v) is 11.5. The SMILES string of the molecule is CCOC(=O)c1ccnc(N2CCN(CC)CC2)n1. The van der Waals surface area contributed by atoms with Gasteiger partial charge < -0.3 is 14.5 Å². The van der Waals surface area contributed by atoms with Crippen LogP contribution in [-0.4, -0.2) is 60.2 Å². The monoisotopic (exact) mass is 264 g/mol. The summed E-state index contributed by atoms with van der Waals surface area (Å²) in [6.45, 7) is 9.15. The summed E-state index contributed by atoms with van der Waals surface area (Å²) in [5.41, 5.74) is 0.324. The topological polar surface area (TPSA) is 58.6 Å². The summed E-state index contributed by atoms with van der Waals surface area (Å²) in [5, 5.41) is 0. The molecule has 0 N–H and O–H groups in total. The normalized spacial score (nSPS) is 16.4. The number of rotatable bonds is 4. The van der Waals surface area contributed by atoms with E-state index >= 15 is 0 Å². The molecule has 19 heavy (non-hydrogen) atoms. The number of likely N-dealkylation sites (N-methyl/N-ethyl adjacent to an activating group) is 1. The summed E-state index contributed by atoms with van der Waals surface area (Å²) < 4.78 is 4.95. The fourth-order valence-corrected chi connectivity index (χ4v) is 2.08. The highest BCUT2D eigenvalue weighted by Crippen LogP contribution is 2.11. The summed E-state index contributed by atoms with van der Waals surface area (Å²) in [6.07, 6.45) is 1.61. The Balaban J connectivity index is 2.05. The van der Waals surface area contributed by atoms with Gasteiger partial charge in [-0.3, -0.25) is 0 Å². The van der Waals surface area contributed by atoms with Gasteiger partial charge >= 0.3 is 5.97 Å². The van der Waals surface area contributed by atoms with E-state index in [2.05, 4.69) is 26.7 Å². The molecule has 1 aromatic rings. The molecule has 1 fully saturated rings. The standard InChI is InChI=1S/C13H20N4O2/c1-3-16-7-9-17(10-8-16)13-14-6-5-11(15-13)12(18)19-4-2/h5-6H,3-4,7-10H2,1-2H3. The van der Waals surface area contributed by atoms with Crippen molar-refractivity contribution in [3.63, 3.8) is 0 Å². The van der Waals surface area contributed by atoms with Crippen molar-refractivity contribution in [2.75, 3.05) is 44.2 Å². The number of esters is 1. The molecule has 2 rings (SSSR count). The van der Waals surface area contributed by atoms with Gasteiger partial charge in [0.2, 0.25) is 5.95 Å². The van der Waals surface area contributed by atoms with Crippen LogP contribution in [0.5, 0.6) is 0 Å². The van der Waals surface area contributed by atoms with Crippen LogP contribution in [0.4, 0.5) is 5.95 Å². The van der Waals surface area contributed by atoms with Crippen LogP contribution in [0.1, 0.15) is 24.3 Å². The van der Waals surface area contributed by atoms with Gasteiger partial charge in [-0.1, -0.05) is 6.92 Å². The highest BCUT2D eigenvalue weighted by Gasteiger charge is 2.19. The largest absolute Gasteiger partial charge is 0.461 e. The lowest BCUT2D eigenvalue weighted by atomic mass is 10.3. The molecule has 6 nitrogen and oxygen atoms in total. The highest BCUT2D eigenvalue weighted by molar-refractivity contribution is 5.87. The molecule has 0 saturated carbocycles. The van der Waals surface area contributed by atoms with Gasteiger partial charge in [0, 0.05) is 32.4 Å². The Morgan fingerprint density at radius 2 is 2.05 bits per heavy atom. The maximum absolute atomic E-state index is 11.6.